The van der Waals surface area contributed by atoms with E-state index in [-0.39, 0.29) is 12.5 Å². The zero-order chi connectivity index (χ0) is 12.0. The summed E-state index contributed by atoms with van der Waals surface area (Å²) in [5.74, 6) is -0.812. The quantitative estimate of drug-likeness (QED) is 0.556. The highest BCUT2D eigenvalue weighted by Crippen LogP contribution is 2.11. The molecular weight excluding hydrogens is 212 g/mol. The molecule has 1 amide bonds. The summed E-state index contributed by atoms with van der Waals surface area (Å²) in [5, 5.41) is 14.4. The molecule has 1 saturated heterocycles. The van der Waals surface area contributed by atoms with Crippen molar-refractivity contribution in [2.75, 3.05) is 26.7 Å². The van der Waals surface area contributed by atoms with E-state index in [1.165, 1.54) is 7.11 Å². The Balaban J connectivity index is 2.20. The minimum absolute atomic E-state index is 0.0187. The van der Waals surface area contributed by atoms with Crippen molar-refractivity contribution in [3.8, 4) is 0 Å². The predicted octanol–water partition coefficient (Wildman–Crippen LogP) is -0.798. The molecule has 0 bridgehead atoms. The molecule has 92 valence electrons. The van der Waals surface area contributed by atoms with Gasteiger partial charge in [-0.2, -0.15) is 0 Å². The first kappa shape index (κ1) is 12.9. The lowest BCUT2D eigenvalue weighted by molar-refractivity contribution is -0.148. The lowest BCUT2D eigenvalue weighted by atomic mass is 10.0. The fourth-order valence-electron chi connectivity index (χ4n) is 1.70. The number of aliphatic carboxylic acids is 1. The summed E-state index contributed by atoms with van der Waals surface area (Å²) in [6.45, 7) is 1.83. The molecule has 0 aromatic rings. The number of rotatable bonds is 6. The summed E-state index contributed by atoms with van der Waals surface area (Å²) in [6, 6.07) is 0. The fourth-order valence-corrected chi connectivity index (χ4v) is 1.70. The first-order chi connectivity index (χ1) is 7.63. The average Bonchev–Trinajstić information content (AvgIpc) is 2.70. The smallest absolute Gasteiger partial charge is 0.334 e. The third-order valence-corrected chi connectivity index (χ3v) is 2.68. The Kier molecular flexibility index (Phi) is 5.21. The van der Waals surface area contributed by atoms with Gasteiger partial charge in [0.1, 0.15) is 0 Å². The van der Waals surface area contributed by atoms with Gasteiger partial charge in [0.05, 0.1) is 6.54 Å². The van der Waals surface area contributed by atoms with Gasteiger partial charge in [-0.25, -0.2) is 4.79 Å². The third kappa shape index (κ3) is 4.16. The second kappa shape index (κ2) is 6.44. The number of carboxylic acid groups (broad SMARTS) is 1. The van der Waals surface area contributed by atoms with E-state index < -0.39 is 12.1 Å². The lowest BCUT2D eigenvalue weighted by Gasteiger charge is -2.13. The molecule has 0 spiro atoms. The van der Waals surface area contributed by atoms with Gasteiger partial charge < -0.3 is 20.5 Å². The Bertz CT molecular complexity index is 251. The van der Waals surface area contributed by atoms with Gasteiger partial charge >= 0.3 is 5.97 Å². The minimum atomic E-state index is -1.06. The second-order valence-electron chi connectivity index (χ2n) is 3.93. The lowest BCUT2D eigenvalue weighted by Crippen LogP contribution is -2.38. The van der Waals surface area contributed by atoms with Crippen LogP contribution in [-0.2, 0) is 14.3 Å². The van der Waals surface area contributed by atoms with Crippen LogP contribution in [0.5, 0.6) is 0 Å². The SMILES string of the molecule is COC(CNC(=O)CC1CCNC1)C(=O)O. The van der Waals surface area contributed by atoms with Gasteiger partial charge in [0.25, 0.3) is 0 Å². The number of hydrogen-bond acceptors (Lipinski definition) is 4. The number of carboxylic acids is 1. The maximum atomic E-state index is 11.5. The summed E-state index contributed by atoms with van der Waals surface area (Å²) in [5.41, 5.74) is 0. The van der Waals surface area contributed by atoms with Gasteiger partial charge in [-0.05, 0) is 25.4 Å². The maximum absolute atomic E-state index is 11.5. The van der Waals surface area contributed by atoms with Gasteiger partial charge in [-0.1, -0.05) is 0 Å². The molecule has 1 aliphatic heterocycles. The summed E-state index contributed by atoms with van der Waals surface area (Å²) in [4.78, 5) is 22.1. The molecule has 0 aromatic carbocycles. The summed E-state index contributed by atoms with van der Waals surface area (Å²) in [7, 11) is 1.31. The van der Waals surface area contributed by atoms with Crippen LogP contribution < -0.4 is 10.6 Å². The molecule has 2 unspecified atom stereocenters. The number of ether oxygens (including phenoxy) is 1. The van der Waals surface area contributed by atoms with E-state index in [1.54, 1.807) is 0 Å². The Morgan fingerprint density at radius 2 is 2.38 bits per heavy atom. The molecule has 0 saturated carbocycles. The van der Waals surface area contributed by atoms with E-state index in [4.69, 9.17) is 9.84 Å². The van der Waals surface area contributed by atoms with Crippen LogP contribution in [0, 0.1) is 5.92 Å². The van der Waals surface area contributed by atoms with Crippen LogP contribution >= 0.6 is 0 Å². The predicted molar refractivity (Wildman–Crippen MR) is 57.0 cm³/mol. The third-order valence-electron chi connectivity index (χ3n) is 2.68. The number of hydrogen-bond donors (Lipinski definition) is 3. The van der Waals surface area contributed by atoms with E-state index in [1.807, 2.05) is 0 Å². The molecule has 0 aliphatic carbocycles. The Morgan fingerprint density at radius 1 is 1.62 bits per heavy atom. The van der Waals surface area contributed by atoms with Crippen LogP contribution in [0.1, 0.15) is 12.8 Å². The number of carbonyl (C=O) groups is 2. The van der Waals surface area contributed by atoms with Gasteiger partial charge in [-0.3, -0.25) is 4.79 Å². The number of methoxy groups -OCH3 is 1. The molecule has 3 N–H and O–H groups in total. The van der Waals surface area contributed by atoms with Crippen LogP contribution in [0.25, 0.3) is 0 Å². The summed E-state index contributed by atoms with van der Waals surface area (Å²) in [6.07, 6.45) is 0.481. The van der Waals surface area contributed by atoms with Crippen molar-refractivity contribution >= 4 is 11.9 Å². The second-order valence-corrected chi connectivity index (χ2v) is 3.93. The van der Waals surface area contributed by atoms with Crippen LogP contribution in [0.3, 0.4) is 0 Å². The normalized spacial score (nSPS) is 21.7. The highest BCUT2D eigenvalue weighted by Gasteiger charge is 2.20. The Morgan fingerprint density at radius 3 is 2.88 bits per heavy atom. The molecule has 1 heterocycles. The van der Waals surface area contributed by atoms with E-state index in [0.29, 0.717) is 12.3 Å². The Hall–Kier alpha value is -1.14. The highest BCUT2D eigenvalue weighted by atomic mass is 16.5. The molecule has 6 heteroatoms. The summed E-state index contributed by atoms with van der Waals surface area (Å²) < 4.78 is 4.71. The molecular formula is C10H18N2O4. The van der Waals surface area contributed by atoms with Crippen molar-refractivity contribution in [2.24, 2.45) is 5.92 Å². The number of nitrogens with one attached hydrogen (secondary N) is 2. The molecule has 1 rings (SSSR count). The molecule has 16 heavy (non-hydrogen) atoms. The molecule has 2 atom stereocenters. The highest BCUT2D eigenvalue weighted by molar-refractivity contribution is 5.78. The monoisotopic (exact) mass is 230 g/mol. The average molecular weight is 230 g/mol. The van der Waals surface area contributed by atoms with Gasteiger partial charge in [0.15, 0.2) is 6.10 Å². The first-order valence-electron chi connectivity index (χ1n) is 5.36. The first-order valence-corrected chi connectivity index (χ1v) is 5.36. The van der Waals surface area contributed by atoms with Crippen molar-refractivity contribution in [3.05, 3.63) is 0 Å². The van der Waals surface area contributed by atoms with Crippen LogP contribution in [0.4, 0.5) is 0 Å². The molecule has 1 aliphatic rings. The van der Waals surface area contributed by atoms with Crippen molar-refractivity contribution in [2.45, 2.75) is 18.9 Å². The van der Waals surface area contributed by atoms with Crippen molar-refractivity contribution in [1.82, 2.24) is 10.6 Å². The van der Waals surface area contributed by atoms with Gasteiger partial charge in [0.2, 0.25) is 5.91 Å². The molecule has 0 aromatic heterocycles. The van der Waals surface area contributed by atoms with E-state index >= 15 is 0 Å². The zero-order valence-corrected chi connectivity index (χ0v) is 9.36. The largest absolute Gasteiger partial charge is 0.479 e. The van der Waals surface area contributed by atoms with Crippen molar-refractivity contribution < 1.29 is 19.4 Å². The zero-order valence-electron chi connectivity index (χ0n) is 9.36. The van der Waals surface area contributed by atoms with Crippen LogP contribution in [-0.4, -0.2) is 49.8 Å². The summed E-state index contributed by atoms with van der Waals surface area (Å²) >= 11 is 0. The van der Waals surface area contributed by atoms with Gasteiger partial charge in [0, 0.05) is 13.5 Å². The molecule has 1 fully saturated rings. The fraction of sp³-hybridized carbons (Fsp3) is 0.800. The minimum Gasteiger partial charge on any atom is -0.479 e. The topological polar surface area (TPSA) is 87.7 Å². The van der Waals surface area contributed by atoms with Crippen molar-refractivity contribution in [3.63, 3.8) is 0 Å². The Labute approximate surface area is 94.3 Å². The number of carbonyl (C=O) groups excluding carboxylic acids is 1. The van der Waals surface area contributed by atoms with Crippen LogP contribution in [0.2, 0.25) is 0 Å². The van der Waals surface area contributed by atoms with Crippen molar-refractivity contribution in [1.29, 1.82) is 0 Å². The standard InChI is InChI=1S/C10H18N2O4/c1-16-8(10(14)15)6-12-9(13)4-7-2-3-11-5-7/h7-8,11H,2-6H2,1H3,(H,12,13)(H,14,15). The van der Waals surface area contributed by atoms with Crippen LogP contribution in [0.15, 0.2) is 0 Å². The maximum Gasteiger partial charge on any atom is 0.334 e. The molecule has 6 nitrogen and oxygen atoms in total. The van der Waals surface area contributed by atoms with E-state index in [9.17, 15) is 9.59 Å². The number of amides is 1. The van der Waals surface area contributed by atoms with Gasteiger partial charge in [-0.15, -0.1) is 0 Å². The van der Waals surface area contributed by atoms with E-state index in [0.717, 1.165) is 19.5 Å². The van der Waals surface area contributed by atoms with E-state index in [2.05, 4.69) is 10.6 Å². The molecule has 0 radical (unpaired) electrons.